The van der Waals surface area contributed by atoms with E-state index in [9.17, 15) is 4.79 Å². The smallest absolute Gasteiger partial charge is 0.190 e. The predicted octanol–water partition coefficient (Wildman–Crippen LogP) is 2.59. The third-order valence-electron chi connectivity index (χ3n) is 3.47. The van der Waals surface area contributed by atoms with E-state index in [2.05, 4.69) is 0 Å². The molecule has 0 aromatic heterocycles. The maximum Gasteiger partial charge on any atom is 0.190 e. The van der Waals surface area contributed by atoms with Gasteiger partial charge in [-0.25, -0.2) is 0 Å². The largest absolute Gasteiger partial charge is 0.357 e. The Bertz CT molecular complexity index is 435. The van der Waals surface area contributed by atoms with Crippen molar-refractivity contribution in [2.75, 3.05) is 0 Å². The van der Waals surface area contributed by atoms with E-state index in [4.69, 9.17) is 4.74 Å². The Hall–Kier alpha value is -1.41. The van der Waals surface area contributed by atoms with Crippen molar-refractivity contribution in [2.24, 2.45) is 0 Å². The monoisotopic (exact) mass is 214 g/mol. The van der Waals surface area contributed by atoms with Gasteiger partial charge in [0.25, 0.3) is 0 Å². The second-order valence-electron chi connectivity index (χ2n) is 4.50. The highest BCUT2D eigenvalue weighted by Crippen LogP contribution is 2.50. The molecule has 0 bridgehead atoms. The number of carbonyl (C=O) groups is 1. The molecule has 1 saturated carbocycles. The van der Waals surface area contributed by atoms with Crippen LogP contribution in [0.5, 0.6) is 0 Å². The molecule has 1 heterocycles. The zero-order valence-corrected chi connectivity index (χ0v) is 9.06. The van der Waals surface area contributed by atoms with Crippen LogP contribution in [0, 0.1) is 0 Å². The first kappa shape index (κ1) is 9.79. The topological polar surface area (TPSA) is 29.6 Å². The summed E-state index contributed by atoms with van der Waals surface area (Å²) in [5.41, 5.74) is 0.633. The summed E-state index contributed by atoms with van der Waals surface area (Å²) in [4.78, 5) is 12.0. The van der Waals surface area contributed by atoms with Gasteiger partial charge in [-0.05, 0) is 30.9 Å². The number of ketones is 1. The lowest BCUT2D eigenvalue weighted by Crippen LogP contribution is -2.21. The number of carbonyl (C=O) groups excluding carboxylic acids is 1. The zero-order chi connectivity index (χ0) is 11.0. The van der Waals surface area contributed by atoms with Crippen molar-refractivity contribution in [3.05, 3.63) is 42.0 Å². The minimum Gasteiger partial charge on any atom is -0.357 e. The zero-order valence-electron chi connectivity index (χ0n) is 9.06. The van der Waals surface area contributed by atoms with Crippen LogP contribution in [0.4, 0.5) is 0 Å². The molecule has 0 radical (unpaired) electrons. The lowest BCUT2D eigenvalue weighted by molar-refractivity contribution is -0.119. The van der Waals surface area contributed by atoms with E-state index in [0.29, 0.717) is 0 Å². The maximum atomic E-state index is 12.0. The Morgan fingerprint density at radius 1 is 1.38 bits per heavy atom. The fourth-order valence-electron chi connectivity index (χ4n) is 2.50. The molecule has 0 amide bonds. The molecule has 2 heteroatoms. The SMILES string of the molecule is O=C(C=Cc1ccccc1)C12CCCC1O2. The molecule has 0 N–H and O–H groups in total. The average Bonchev–Trinajstić information content (AvgIpc) is 2.90. The molecule has 1 aliphatic carbocycles. The van der Waals surface area contributed by atoms with Gasteiger partial charge in [0.15, 0.2) is 11.4 Å². The quantitative estimate of drug-likeness (QED) is 0.571. The summed E-state index contributed by atoms with van der Waals surface area (Å²) in [6, 6.07) is 9.88. The van der Waals surface area contributed by atoms with Gasteiger partial charge in [-0.3, -0.25) is 4.79 Å². The molecule has 1 saturated heterocycles. The van der Waals surface area contributed by atoms with Gasteiger partial charge in [0.05, 0.1) is 6.10 Å². The van der Waals surface area contributed by atoms with Crippen LogP contribution in [-0.4, -0.2) is 17.5 Å². The summed E-state index contributed by atoms with van der Waals surface area (Å²) in [6.07, 6.45) is 6.81. The molecule has 1 aromatic carbocycles. The van der Waals surface area contributed by atoms with Crippen molar-refractivity contribution in [3.8, 4) is 0 Å². The highest BCUT2D eigenvalue weighted by atomic mass is 16.6. The van der Waals surface area contributed by atoms with Gasteiger partial charge >= 0.3 is 0 Å². The van der Waals surface area contributed by atoms with Gasteiger partial charge in [0.2, 0.25) is 0 Å². The van der Waals surface area contributed by atoms with E-state index in [1.165, 1.54) is 0 Å². The molecule has 16 heavy (non-hydrogen) atoms. The highest BCUT2D eigenvalue weighted by Gasteiger charge is 2.63. The third kappa shape index (κ3) is 1.50. The van der Waals surface area contributed by atoms with Gasteiger partial charge in [0.1, 0.15) is 0 Å². The second kappa shape index (κ2) is 3.56. The predicted molar refractivity (Wildman–Crippen MR) is 61.9 cm³/mol. The summed E-state index contributed by atoms with van der Waals surface area (Å²) in [5.74, 6) is 0.138. The molecule has 1 aromatic rings. The van der Waals surface area contributed by atoms with Crippen LogP contribution in [-0.2, 0) is 9.53 Å². The van der Waals surface area contributed by atoms with Crippen LogP contribution in [0.25, 0.3) is 6.08 Å². The molecular weight excluding hydrogens is 200 g/mol. The minimum absolute atomic E-state index is 0.138. The Kier molecular flexibility index (Phi) is 2.18. The summed E-state index contributed by atoms with van der Waals surface area (Å²) < 4.78 is 5.49. The Labute approximate surface area is 94.9 Å². The number of benzene rings is 1. The molecular formula is C14H14O2. The summed E-state index contributed by atoms with van der Waals surface area (Å²) in [7, 11) is 0. The van der Waals surface area contributed by atoms with Crippen molar-refractivity contribution >= 4 is 11.9 Å². The number of hydrogen-bond acceptors (Lipinski definition) is 2. The normalized spacial score (nSPS) is 31.6. The first-order valence-electron chi connectivity index (χ1n) is 5.77. The van der Waals surface area contributed by atoms with Crippen molar-refractivity contribution in [1.29, 1.82) is 0 Å². The molecule has 2 aliphatic rings. The maximum absolute atomic E-state index is 12.0. The van der Waals surface area contributed by atoms with Crippen LogP contribution >= 0.6 is 0 Å². The van der Waals surface area contributed by atoms with Gasteiger partial charge in [-0.1, -0.05) is 36.4 Å². The number of ether oxygens (including phenoxy) is 1. The van der Waals surface area contributed by atoms with Crippen LogP contribution in [0.2, 0.25) is 0 Å². The first-order chi connectivity index (χ1) is 7.81. The molecule has 82 valence electrons. The van der Waals surface area contributed by atoms with E-state index in [1.807, 2.05) is 36.4 Å². The first-order valence-corrected chi connectivity index (χ1v) is 5.77. The van der Waals surface area contributed by atoms with E-state index in [-0.39, 0.29) is 11.9 Å². The van der Waals surface area contributed by atoms with Gasteiger partial charge in [0, 0.05) is 0 Å². The molecule has 0 spiro atoms. The van der Waals surface area contributed by atoms with E-state index in [0.717, 1.165) is 24.8 Å². The van der Waals surface area contributed by atoms with Crippen LogP contribution < -0.4 is 0 Å². The van der Waals surface area contributed by atoms with Gasteiger partial charge < -0.3 is 4.74 Å². The third-order valence-corrected chi connectivity index (χ3v) is 3.47. The fraction of sp³-hybridized carbons (Fsp3) is 0.357. The van der Waals surface area contributed by atoms with Crippen molar-refractivity contribution in [2.45, 2.75) is 31.0 Å². The fourth-order valence-corrected chi connectivity index (χ4v) is 2.50. The molecule has 2 nitrogen and oxygen atoms in total. The molecule has 2 unspecified atom stereocenters. The van der Waals surface area contributed by atoms with E-state index in [1.54, 1.807) is 6.08 Å². The standard InChI is InChI=1S/C14H14O2/c15-12(14-10-4-7-13(14)16-14)9-8-11-5-2-1-3-6-11/h1-3,5-6,8-9,13H,4,7,10H2. The molecule has 3 rings (SSSR count). The lowest BCUT2D eigenvalue weighted by Gasteiger charge is -2.02. The van der Waals surface area contributed by atoms with Crippen molar-refractivity contribution in [3.63, 3.8) is 0 Å². The van der Waals surface area contributed by atoms with Crippen molar-refractivity contribution < 1.29 is 9.53 Å². The molecule has 1 aliphatic heterocycles. The second-order valence-corrected chi connectivity index (χ2v) is 4.50. The minimum atomic E-state index is -0.425. The van der Waals surface area contributed by atoms with Crippen LogP contribution in [0.15, 0.2) is 36.4 Å². The Morgan fingerprint density at radius 2 is 2.19 bits per heavy atom. The molecule has 2 atom stereocenters. The Balaban J connectivity index is 1.72. The lowest BCUT2D eigenvalue weighted by atomic mass is 10.0. The van der Waals surface area contributed by atoms with Gasteiger partial charge in [-0.15, -0.1) is 0 Å². The Morgan fingerprint density at radius 3 is 2.81 bits per heavy atom. The summed E-state index contributed by atoms with van der Waals surface area (Å²) in [6.45, 7) is 0. The van der Waals surface area contributed by atoms with Gasteiger partial charge in [-0.2, -0.15) is 0 Å². The van der Waals surface area contributed by atoms with Crippen molar-refractivity contribution in [1.82, 2.24) is 0 Å². The highest BCUT2D eigenvalue weighted by molar-refractivity contribution is 6.02. The van der Waals surface area contributed by atoms with Crippen LogP contribution in [0.3, 0.4) is 0 Å². The number of epoxide rings is 1. The summed E-state index contributed by atoms with van der Waals surface area (Å²) in [5, 5.41) is 0. The number of hydrogen-bond donors (Lipinski definition) is 0. The van der Waals surface area contributed by atoms with E-state index >= 15 is 0 Å². The van der Waals surface area contributed by atoms with Crippen LogP contribution in [0.1, 0.15) is 24.8 Å². The average molecular weight is 214 g/mol. The van der Waals surface area contributed by atoms with E-state index < -0.39 is 5.60 Å². The summed E-state index contributed by atoms with van der Waals surface area (Å²) >= 11 is 0. The number of rotatable bonds is 3. The molecule has 2 fully saturated rings. The number of fused-ring (bicyclic) bond motifs is 1.